The summed E-state index contributed by atoms with van der Waals surface area (Å²) in [6.45, 7) is -1.35. The van der Waals surface area contributed by atoms with E-state index in [4.69, 9.17) is 94.1 Å². The zero-order valence-corrected chi connectivity index (χ0v) is 47.5. The van der Waals surface area contributed by atoms with E-state index >= 15 is 0 Å². The number of ether oxygens (including phenoxy) is 6. The Morgan fingerprint density at radius 3 is 1.12 bits per heavy atom. The predicted octanol–water partition coefficient (Wildman–Crippen LogP) is 1.29. The third-order valence-corrected chi connectivity index (χ3v) is 18.3. The van der Waals surface area contributed by atoms with Gasteiger partial charge in [0.25, 0.3) is 39.1 Å². The van der Waals surface area contributed by atoms with Crippen LogP contribution in [-0.2, 0) is 117 Å². The van der Waals surface area contributed by atoms with Crippen LogP contribution in [0.5, 0.6) is 0 Å². The molecule has 6 fully saturated rings. The molecule has 6 rings (SSSR count). The summed E-state index contributed by atoms with van der Waals surface area (Å²) in [5.41, 5.74) is -0.229. The maximum Gasteiger partial charge on any atom is 0.268 e. The molecular formula is C38H66O29P6S-6. The van der Waals surface area contributed by atoms with Crippen LogP contribution < -0.4 is 29.4 Å². The monoisotopic (exact) mass is 1210 g/mol. The molecule has 29 nitrogen and oxygen atoms in total. The predicted molar refractivity (Wildman–Crippen MR) is 242 cm³/mol. The molecular weight excluding hydrogens is 1140 g/mol. The first-order valence-electron chi connectivity index (χ1n) is 25.1. The molecule has 6 heterocycles. The molecule has 0 aromatic heterocycles. The van der Waals surface area contributed by atoms with Crippen LogP contribution in [0, 0.1) is 5.41 Å². The van der Waals surface area contributed by atoms with E-state index in [0.717, 1.165) is 7.11 Å². The van der Waals surface area contributed by atoms with Gasteiger partial charge in [0.2, 0.25) is 0 Å². The molecule has 0 radical (unpaired) electrons. The van der Waals surface area contributed by atoms with Crippen LogP contribution in [0.15, 0.2) is 0 Å². The lowest BCUT2D eigenvalue weighted by Crippen LogP contribution is -2.34. The van der Waals surface area contributed by atoms with E-state index < -0.39 is 197 Å². The van der Waals surface area contributed by atoms with Crippen molar-refractivity contribution in [2.75, 3.05) is 59.9 Å². The highest BCUT2D eigenvalue weighted by Gasteiger charge is 2.43. The van der Waals surface area contributed by atoms with E-state index in [9.17, 15) is 52.2 Å². The molecule has 24 atom stereocenters. The summed E-state index contributed by atoms with van der Waals surface area (Å²) >= 11 is 5.07. The Morgan fingerprint density at radius 2 is 0.770 bits per heavy atom. The molecule has 0 aliphatic carbocycles. The average molecular weight is 1210 g/mol. The highest BCUT2D eigenvalue weighted by atomic mass is 32.5. The van der Waals surface area contributed by atoms with E-state index in [1.54, 1.807) is 13.8 Å². The highest BCUT2D eigenvalue weighted by Crippen LogP contribution is 2.51. The van der Waals surface area contributed by atoms with Gasteiger partial charge < -0.3 is 112 Å². The minimum Gasteiger partial charge on any atom is -0.780 e. The Labute approximate surface area is 438 Å². The van der Waals surface area contributed by atoms with E-state index in [-0.39, 0.29) is 37.5 Å². The number of rotatable bonds is 29. The molecule has 0 N–H and O–H groups in total. The van der Waals surface area contributed by atoms with Gasteiger partial charge in [0, 0.05) is 59.0 Å². The average Bonchev–Trinajstić information content (AvgIpc) is 4.13. The first-order valence-corrected chi connectivity index (χ1v) is 33.3. The van der Waals surface area contributed by atoms with Crippen molar-refractivity contribution in [3.8, 4) is 0 Å². The van der Waals surface area contributed by atoms with Crippen LogP contribution in [0.4, 0.5) is 0 Å². The van der Waals surface area contributed by atoms with Crippen molar-refractivity contribution in [1.82, 2.24) is 0 Å². The summed E-state index contributed by atoms with van der Waals surface area (Å²) in [7, 11) is -25.1. The number of phosphoric ester groups is 5. The first kappa shape index (κ1) is 59.5. The molecule has 0 aromatic rings. The number of hydrogen-bond donors (Lipinski definition) is 0. The van der Waals surface area contributed by atoms with Gasteiger partial charge in [-0.15, -0.1) is 0 Å². The van der Waals surface area contributed by atoms with Crippen LogP contribution in [0.2, 0.25) is 0 Å². The standard InChI is InChI=1S/C38H72O29P6S/c1-23-14-29(64-68(39,40)50-7)35(59-23)20-56-71(45,46)66-31-16-25(3)61-37(31)22-57-72(47,48)65-30-15-24(2)60-36(30)21-55-70(43,44)62-27-9-12-52-33(27)18-54-69(41,42)63-28-10-13-53-34(28)19-58-73(49,74)67-26-8-11-51-32(26)17-38(4,5)6/h23-37H,8-22H2,1-7H3,(H,39,40)(H,41,42)(H,43,44)(H,45,46)(H,47,48)(H,49,74)/p-6/t23-,24-,25-,26?,27?,28?,29?,30?,31?,32+,33+,34+,35+,36+,37+,73?/m0/s1/i11T,12T,13T/t11-,12-,13-,23-,24-,25-,26?,27?,28?,29?,30?,31?,32+,33+,34+,35+,36+,37+,73?. The molecule has 6 aliphatic heterocycles. The lowest BCUT2D eigenvalue weighted by Gasteiger charge is -2.35. The molecule has 0 bridgehead atoms. The van der Waals surface area contributed by atoms with Crippen molar-refractivity contribution in [2.45, 2.75) is 178 Å². The van der Waals surface area contributed by atoms with Gasteiger partial charge in [-0.25, -0.2) is 0 Å². The van der Waals surface area contributed by atoms with Crippen LogP contribution in [0.1, 0.15) is 90.6 Å². The molecule has 36 heteroatoms. The second kappa shape index (κ2) is 26.8. The summed E-state index contributed by atoms with van der Waals surface area (Å²) < 4.78 is 182. The summed E-state index contributed by atoms with van der Waals surface area (Å²) in [6, 6.07) is 0. The van der Waals surface area contributed by atoms with Crippen molar-refractivity contribution < 1.29 is 139 Å². The van der Waals surface area contributed by atoms with Crippen LogP contribution in [-0.4, -0.2) is 151 Å². The van der Waals surface area contributed by atoms with Gasteiger partial charge in [-0.2, -0.15) is 0 Å². The quantitative estimate of drug-likeness (QED) is 0.0952. The Bertz CT molecular complexity index is 2250. The van der Waals surface area contributed by atoms with Crippen molar-refractivity contribution in [2.24, 2.45) is 5.41 Å². The number of phosphoric acid groups is 5. The molecule has 74 heavy (non-hydrogen) atoms. The summed E-state index contributed by atoms with van der Waals surface area (Å²) in [4.78, 5) is 77.2. The van der Waals surface area contributed by atoms with Gasteiger partial charge in [-0.05, 0) is 39.0 Å². The Balaban J connectivity index is 0.946. The fourth-order valence-electron chi connectivity index (χ4n) is 8.50. The molecule has 6 saturated heterocycles. The molecule has 0 spiro atoms. The zero-order chi connectivity index (χ0) is 57.1. The van der Waals surface area contributed by atoms with Gasteiger partial charge in [0.15, 0.2) is 0 Å². The summed E-state index contributed by atoms with van der Waals surface area (Å²) in [5.74, 6) is 0. The minimum absolute atomic E-state index is 0.0576. The maximum absolute atomic E-state index is 13.2. The van der Waals surface area contributed by atoms with Crippen molar-refractivity contribution in [1.29, 1.82) is 0 Å². The van der Waals surface area contributed by atoms with E-state index in [2.05, 4.69) is 4.52 Å². The highest BCUT2D eigenvalue weighted by molar-refractivity contribution is 8.06. The van der Waals surface area contributed by atoms with Crippen molar-refractivity contribution >= 4 is 57.6 Å². The number of hydrogen-bond acceptors (Lipinski definition) is 30. The van der Waals surface area contributed by atoms with Crippen LogP contribution in [0.3, 0.4) is 0 Å². The Hall–Kier alpha value is 0.840. The first-order chi connectivity index (χ1) is 35.5. The fourth-order valence-corrected chi connectivity index (χ4v) is 14.4. The third kappa shape index (κ3) is 20.7. The van der Waals surface area contributed by atoms with E-state index in [1.165, 1.54) is 6.92 Å². The van der Waals surface area contributed by atoms with E-state index in [1.807, 2.05) is 20.8 Å². The van der Waals surface area contributed by atoms with Crippen molar-refractivity contribution in [3.63, 3.8) is 0 Å². The third-order valence-electron chi connectivity index (χ3n) is 11.8. The van der Waals surface area contributed by atoms with Gasteiger partial charge in [0.1, 0.15) is 37.2 Å². The molecule has 0 amide bonds. The largest absolute Gasteiger partial charge is 0.780 e. The zero-order valence-electron chi connectivity index (χ0n) is 44.3. The lowest BCUT2D eigenvalue weighted by molar-refractivity contribution is -0.239. The minimum atomic E-state index is -5.39. The second-order valence-electron chi connectivity index (χ2n) is 19.4. The van der Waals surface area contributed by atoms with Crippen LogP contribution in [0.25, 0.3) is 0 Å². The normalized spacial score (nSPS) is 42.4. The molecule has 0 aromatic carbocycles. The molecule has 0 saturated carbocycles. The maximum atomic E-state index is 13.2. The van der Waals surface area contributed by atoms with Crippen molar-refractivity contribution in [3.05, 3.63) is 0 Å². The second-order valence-corrected chi connectivity index (χ2v) is 29.0. The van der Waals surface area contributed by atoms with Crippen LogP contribution >= 0.6 is 45.8 Å². The molecule has 12 unspecified atom stereocenters. The smallest absolute Gasteiger partial charge is 0.268 e. The van der Waals surface area contributed by atoms with E-state index in [0.29, 0.717) is 6.42 Å². The lowest BCUT2D eigenvalue weighted by atomic mass is 9.88. The molecule has 6 aliphatic rings. The SMILES string of the molecule is [3H][C@H]1CC(OP(=O)([O-])OC[C@H]2O[C@@H](C)CC2OP(=O)([O-])OC[C@H]2O[C@@H](C)CC2OP(=O)([O-])OC[C@H]2O[C@@H](C)CC2OP(=O)([O-])OC)[C@@H](COP(=O)([O-])OC2C[C@H]([3H])O[C@@H]2COP([O-])(=S)OC2C[C@H]([3H])O[C@@H]2CC(C)(C)C)O1. The topological polar surface area (TPSA) is 390 Å². The Morgan fingerprint density at radius 1 is 0.473 bits per heavy atom. The van der Waals surface area contributed by atoms with Gasteiger partial charge in [0.05, 0.1) is 98.2 Å². The van der Waals surface area contributed by atoms with Gasteiger partial charge >= 0.3 is 0 Å². The molecule has 434 valence electrons. The summed E-state index contributed by atoms with van der Waals surface area (Å²) in [6.07, 6.45) is -17.0. The van der Waals surface area contributed by atoms with Gasteiger partial charge in [-0.1, -0.05) is 32.6 Å². The fraction of sp³-hybridized carbons (Fsp3) is 1.00. The Kier molecular flexibility index (Phi) is 21.6. The van der Waals surface area contributed by atoms with Gasteiger partial charge in [-0.3, -0.25) is 22.8 Å². The summed E-state index contributed by atoms with van der Waals surface area (Å²) in [5, 5.41) is 0.